The number of methoxy groups -OCH3 is 4. The van der Waals surface area contributed by atoms with Gasteiger partial charge in [0.25, 0.3) is 0 Å². The van der Waals surface area contributed by atoms with Crippen LogP contribution in [0.3, 0.4) is 0 Å². The molecule has 3 rings (SSSR count). The molecule has 27 heavy (non-hydrogen) atoms. The largest absolute Gasteiger partial charge is 0.496 e. The Bertz CT molecular complexity index is 923. The van der Waals surface area contributed by atoms with Gasteiger partial charge in [0.15, 0.2) is 0 Å². The maximum atomic E-state index is 6.54. The Morgan fingerprint density at radius 3 is 1.89 bits per heavy atom. The first kappa shape index (κ1) is 20.2. The van der Waals surface area contributed by atoms with Gasteiger partial charge in [0, 0.05) is 17.2 Å². The number of hydrogen-bond donors (Lipinski definition) is 0. The van der Waals surface area contributed by atoms with Gasteiger partial charge in [-0.1, -0.05) is 29.3 Å². The van der Waals surface area contributed by atoms with Crippen molar-refractivity contribution in [2.75, 3.05) is 28.4 Å². The molecule has 0 saturated carbocycles. The lowest BCUT2D eigenvalue weighted by Gasteiger charge is -2.21. The topological polar surface area (TPSA) is 36.9 Å². The van der Waals surface area contributed by atoms with Gasteiger partial charge in [0.2, 0.25) is 0 Å². The van der Waals surface area contributed by atoms with E-state index in [1.165, 1.54) is 0 Å². The van der Waals surface area contributed by atoms with E-state index in [9.17, 15) is 0 Å². The minimum Gasteiger partial charge on any atom is -0.496 e. The minimum absolute atomic E-state index is 0.457. The SMILES string of the molecule is COc1cc(OC)c2c(c1Br)C(c1c(OC)c(Cl)c(C)c(Cl)c1OC)=CC2. The quantitative estimate of drug-likeness (QED) is 0.526. The highest BCUT2D eigenvalue weighted by molar-refractivity contribution is 9.10. The van der Waals surface area contributed by atoms with E-state index in [-0.39, 0.29) is 0 Å². The van der Waals surface area contributed by atoms with Crippen molar-refractivity contribution in [3.05, 3.63) is 48.9 Å². The molecule has 0 radical (unpaired) electrons. The molecule has 0 N–H and O–H groups in total. The van der Waals surface area contributed by atoms with Crippen molar-refractivity contribution in [2.45, 2.75) is 13.3 Å². The molecule has 0 atom stereocenters. The van der Waals surface area contributed by atoms with Gasteiger partial charge in [-0.25, -0.2) is 0 Å². The third-order valence-electron chi connectivity index (χ3n) is 4.71. The lowest BCUT2D eigenvalue weighted by atomic mass is 9.95. The Labute approximate surface area is 177 Å². The Hall–Kier alpha value is -1.56. The summed E-state index contributed by atoms with van der Waals surface area (Å²) in [6.07, 6.45) is 2.77. The molecule has 0 spiro atoms. The molecule has 2 aromatic carbocycles. The van der Waals surface area contributed by atoms with Crippen molar-refractivity contribution in [2.24, 2.45) is 0 Å². The molecule has 0 aromatic heterocycles. The zero-order chi connectivity index (χ0) is 19.9. The molecule has 0 aliphatic heterocycles. The molecule has 1 aliphatic rings. The summed E-state index contributed by atoms with van der Waals surface area (Å²) in [7, 11) is 6.41. The summed E-state index contributed by atoms with van der Waals surface area (Å²) in [5, 5.41) is 0.914. The smallest absolute Gasteiger partial charge is 0.149 e. The molecule has 2 aromatic rings. The highest BCUT2D eigenvalue weighted by Crippen LogP contribution is 2.54. The van der Waals surface area contributed by atoms with Crippen LogP contribution in [0.4, 0.5) is 0 Å². The fraction of sp³-hybridized carbons (Fsp3) is 0.300. The summed E-state index contributed by atoms with van der Waals surface area (Å²) >= 11 is 16.8. The van der Waals surface area contributed by atoms with Crippen LogP contribution in [-0.2, 0) is 6.42 Å². The van der Waals surface area contributed by atoms with Gasteiger partial charge in [-0.3, -0.25) is 0 Å². The summed E-state index contributed by atoms with van der Waals surface area (Å²) in [6, 6.07) is 1.86. The Morgan fingerprint density at radius 1 is 0.852 bits per heavy atom. The molecule has 0 fully saturated rings. The molecule has 0 amide bonds. The van der Waals surface area contributed by atoms with Crippen molar-refractivity contribution in [1.82, 2.24) is 0 Å². The van der Waals surface area contributed by atoms with Crippen LogP contribution in [0.5, 0.6) is 23.0 Å². The van der Waals surface area contributed by atoms with Gasteiger partial charge < -0.3 is 18.9 Å². The highest BCUT2D eigenvalue weighted by Gasteiger charge is 2.31. The van der Waals surface area contributed by atoms with Crippen molar-refractivity contribution < 1.29 is 18.9 Å². The molecular weight excluding hydrogens is 455 g/mol. The molecular formula is C20H19BrCl2O4. The van der Waals surface area contributed by atoms with E-state index in [1.54, 1.807) is 28.4 Å². The zero-order valence-electron chi connectivity index (χ0n) is 15.6. The van der Waals surface area contributed by atoms with E-state index in [2.05, 4.69) is 22.0 Å². The van der Waals surface area contributed by atoms with Gasteiger partial charge in [0.1, 0.15) is 23.0 Å². The van der Waals surface area contributed by atoms with Crippen LogP contribution in [0.15, 0.2) is 16.6 Å². The molecule has 0 unspecified atom stereocenters. The van der Waals surface area contributed by atoms with Gasteiger partial charge in [-0.15, -0.1) is 0 Å². The lowest BCUT2D eigenvalue weighted by Crippen LogP contribution is -2.02. The standard InChI is InChI=1S/C20H19BrCl2O4/c1-9-17(22)19(26-4)15(20(27-5)18(9)23)11-7-6-10-12(24-2)8-13(25-3)16(21)14(10)11/h7-8H,6H2,1-5H3. The van der Waals surface area contributed by atoms with Gasteiger partial charge in [-0.05, 0) is 40.4 Å². The van der Waals surface area contributed by atoms with Crippen LogP contribution in [0.2, 0.25) is 10.0 Å². The highest BCUT2D eigenvalue weighted by atomic mass is 79.9. The number of fused-ring (bicyclic) bond motifs is 1. The van der Waals surface area contributed by atoms with Gasteiger partial charge >= 0.3 is 0 Å². The number of rotatable bonds is 5. The van der Waals surface area contributed by atoms with Gasteiger partial charge in [0.05, 0.1) is 48.5 Å². The minimum atomic E-state index is 0.457. The second kappa shape index (κ2) is 7.82. The van der Waals surface area contributed by atoms with Crippen molar-refractivity contribution in [1.29, 1.82) is 0 Å². The van der Waals surface area contributed by atoms with Crippen LogP contribution in [0, 0.1) is 6.92 Å². The van der Waals surface area contributed by atoms with E-state index in [0.717, 1.165) is 26.9 Å². The predicted molar refractivity (Wildman–Crippen MR) is 112 cm³/mol. The average Bonchev–Trinajstić information content (AvgIpc) is 3.11. The van der Waals surface area contributed by atoms with Crippen LogP contribution in [-0.4, -0.2) is 28.4 Å². The monoisotopic (exact) mass is 472 g/mol. The first-order valence-corrected chi connectivity index (χ1v) is 9.69. The van der Waals surface area contributed by atoms with Crippen LogP contribution < -0.4 is 18.9 Å². The number of hydrogen-bond acceptors (Lipinski definition) is 4. The molecule has 1 aliphatic carbocycles. The number of halogens is 3. The second-order valence-electron chi connectivity index (χ2n) is 5.97. The van der Waals surface area contributed by atoms with Crippen LogP contribution >= 0.6 is 39.1 Å². The molecule has 144 valence electrons. The third kappa shape index (κ3) is 3.06. The van der Waals surface area contributed by atoms with E-state index in [4.69, 9.17) is 42.1 Å². The summed E-state index contributed by atoms with van der Waals surface area (Å²) in [4.78, 5) is 0. The normalized spacial score (nSPS) is 12.5. The van der Waals surface area contributed by atoms with Crippen molar-refractivity contribution >= 4 is 44.7 Å². The number of allylic oxidation sites excluding steroid dienone is 1. The van der Waals surface area contributed by atoms with E-state index >= 15 is 0 Å². The molecule has 0 bridgehead atoms. The predicted octanol–water partition coefficient (Wildman–Crippen LogP) is 6.09. The van der Waals surface area contributed by atoms with E-state index < -0.39 is 0 Å². The first-order valence-electron chi connectivity index (χ1n) is 8.14. The second-order valence-corrected chi connectivity index (χ2v) is 7.51. The maximum Gasteiger partial charge on any atom is 0.149 e. The third-order valence-corrected chi connectivity index (χ3v) is 6.40. The van der Waals surface area contributed by atoms with Crippen molar-refractivity contribution in [3.8, 4) is 23.0 Å². The number of benzene rings is 2. The van der Waals surface area contributed by atoms with Crippen LogP contribution in [0.25, 0.3) is 5.57 Å². The summed E-state index contributed by atoms with van der Waals surface area (Å²) < 4.78 is 23.2. The van der Waals surface area contributed by atoms with Crippen molar-refractivity contribution in [3.63, 3.8) is 0 Å². The molecule has 4 nitrogen and oxygen atoms in total. The number of ether oxygens (including phenoxy) is 4. The maximum absolute atomic E-state index is 6.54. The summed E-state index contributed by atoms with van der Waals surface area (Å²) in [5.41, 5.74) is 4.29. The fourth-order valence-electron chi connectivity index (χ4n) is 3.38. The zero-order valence-corrected chi connectivity index (χ0v) is 18.7. The Balaban J connectivity index is 2.38. The van der Waals surface area contributed by atoms with Gasteiger partial charge in [-0.2, -0.15) is 0 Å². The summed E-state index contributed by atoms with van der Waals surface area (Å²) in [6.45, 7) is 1.83. The molecule has 0 saturated heterocycles. The Kier molecular flexibility index (Phi) is 5.84. The van der Waals surface area contributed by atoms with Crippen LogP contribution in [0.1, 0.15) is 22.3 Å². The van der Waals surface area contributed by atoms with E-state index in [1.807, 2.05) is 13.0 Å². The average molecular weight is 474 g/mol. The molecule has 7 heteroatoms. The lowest BCUT2D eigenvalue weighted by molar-refractivity contribution is 0.389. The van der Waals surface area contributed by atoms with E-state index in [0.29, 0.717) is 44.8 Å². The Morgan fingerprint density at radius 2 is 1.41 bits per heavy atom. The first-order chi connectivity index (χ1) is 12.9. The fourth-order valence-corrected chi connectivity index (χ4v) is 4.69. The molecule has 0 heterocycles. The summed E-state index contributed by atoms with van der Waals surface area (Å²) in [5.74, 6) is 2.45.